The van der Waals surface area contributed by atoms with Crippen molar-refractivity contribution in [2.75, 3.05) is 49.9 Å². The number of rotatable bonds is 12. The van der Waals surface area contributed by atoms with Crippen LogP contribution in [0.5, 0.6) is 11.5 Å². The molecule has 6 aromatic rings. The molecule has 2 aliphatic rings. The molecule has 0 radical (unpaired) electrons. The minimum atomic E-state index is -4.77. The zero-order valence-electron chi connectivity index (χ0n) is 38.2. The summed E-state index contributed by atoms with van der Waals surface area (Å²) in [4.78, 5) is 32.3. The highest BCUT2D eigenvalue weighted by molar-refractivity contribution is 5.84. The third kappa shape index (κ3) is 15.1. The van der Waals surface area contributed by atoms with Crippen LogP contribution in [0.4, 0.5) is 38.0 Å². The molecule has 8 rings (SSSR count). The standard InChI is InChI=1S/C23H26F3N5O3.C19H20F3N5O.C4H8O3/c1-22(2,33)21(32)30-10-8-15(9-11-30)13-27-19-6-7-20-28-14-18(31(20)29-19)16-4-3-5-17(12-16)34-23(24,25)26;20-19(21,22)28-15-3-1-2-14(10-15)16-12-25-18-5-4-17(26-27(16)18)24-11-13-6-8-23-9-7-13;1-4(2,7)3(5)6/h3-7,12,14-15,33H,8-11,13H2,1-2H3,(H,27,29);1-5,10,12-13,23H,6-9,11H2,(H,24,26);7H,1-2H3,(H,5,6). The number of aliphatic hydroxyl groups is 2. The second-order valence-electron chi connectivity index (χ2n) is 17.5. The van der Waals surface area contributed by atoms with Gasteiger partial charge in [-0.2, -0.15) is 0 Å². The average Bonchev–Trinajstić information content (AvgIpc) is 3.91. The molecule has 17 nitrogen and oxygen atoms in total. The first-order valence-corrected chi connectivity index (χ1v) is 22.0. The lowest BCUT2D eigenvalue weighted by Gasteiger charge is -2.35. The number of anilines is 2. The fraction of sp³-hybridized carbons (Fsp3) is 0.435. The maximum absolute atomic E-state index is 12.6. The fourth-order valence-corrected chi connectivity index (χ4v) is 7.34. The van der Waals surface area contributed by atoms with Gasteiger partial charge in [0.1, 0.15) is 28.7 Å². The van der Waals surface area contributed by atoms with Crippen molar-refractivity contribution in [3.8, 4) is 34.0 Å². The molecule has 23 heteroatoms. The normalized spacial score (nSPS) is 15.2. The number of alkyl halides is 6. The summed E-state index contributed by atoms with van der Waals surface area (Å²) >= 11 is 0. The minimum Gasteiger partial charge on any atom is -0.479 e. The molecule has 6 heterocycles. The molecule has 1 amide bonds. The van der Waals surface area contributed by atoms with Crippen molar-refractivity contribution in [3.05, 3.63) is 85.2 Å². The first-order valence-electron chi connectivity index (χ1n) is 22.0. The van der Waals surface area contributed by atoms with Crippen molar-refractivity contribution in [1.29, 1.82) is 0 Å². The summed E-state index contributed by atoms with van der Waals surface area (Å²) in [6, 6.07) is 18.7. The van der Waals surface area contributed by atoms with Crippen LogP contribution in [0, 0.1) is 11.8 Å². The largest absolute Gasteiger partial charge is 0.573 e. The Morgan fingerprint density at radius 3 is 1.48 bits per heavy atom. The van der Waals surface area contributed by atoms with E-state index < -0.39 is 29.9 Å². The van der Waals surface area contributed by atoms with Crippen molar-refractivity contribution in [3.63, 3.8) is 0 Å². The number of hydrogen-bond acceptors (Lipinski definition) is 13. The summed E-state index contributed by atoms with van der Waals surface area (Å²) in [5, 5.41) is 45.5. The number of carbonyl (C=O) groups is 2. The molecule has 2 saturated heterocycles. The third-order valence-electron chi connectivity index (χ3n) is 11.0. The predicted octanol–water partition coefficient (Wildman–Crippen LogP) is 7.26. The number of ether oxygens (including phenoxy) is 2. The van der Waals surface area contributed by atoms with Crippen LogP contribution in [0.25, 0.3) is 33.8 Å². The van der Waals surface area contributed by atoms with Crippen molar-refractivity contribution >= 4 is 34.8 Å². The van der Waals surface area contributed by atoms with Crippen LogP contribution >= 0.6 is 0 Å². The zero-order valence-corrected chi connectivity index (χ0v) is 38.2. The molecule has 0 aliphatic carbocycles. The van der Waals surface area contributed by atoms with Gasteiger partial charge in [0.2, 0.25) is 0 Å². The summed E-state index contributed by atoms with van der Waals surface area (Å²) in [5.41, 5.74) is 0.370. The number of nitrogens with zero attached hydrogens (tertiary/aromatic N) is 7. The van der Waals surface area contributed by atoms with Crippen LogP contribution in [0.15, 0.2) is 85.2 Å². The number of carbonyl (C=O) groups excluding carboxylic acids is 1. The first-order chi connectivity index (χ1) is 32.4. The van der Waals surface area contributed by atoms with Gasteiger partial charge in [0, 0.05) is 37.3 Å². The Morgan fingerprint density at radius 2 is 1.09 bits per heavy atom. The van der Waals surface area contributed by atoms with E-state index in [-0.39, 0.29) is 17.4 Å². The molecule has 4 aromatic heterocycles. The number of hydrogen-bond donors (Lipinski definition) is 6. The van der Waals surface area contributed by atoms with E-state index in [0.717, 1.165) is 45.3 Å². The van der Waals surface area contributed by atoms with E-state index in [1.807, 2.05) is 12.1 Å². The number of nitrogens with one attached hydrogen (secondary N) is 3. The fourth-order valence-electron chi connectivity index (χ4n) is 7.34. The molecule has 0 atom stereocenters. The molecule has 0 saturated carbocycles. The Morgan fingerprint density at radius 1 is 0.667 bits per heavy atom. The van der Waals surface area contributed by atoms with Gasteiger partial charge in [0.25, 0.3) is 5.91 Å². The number of imidazole rings is 2. The van der Waals surface area contributed by atoms with Gasteiger partial charge in [0.15, 0.2) is 16.9 Å². The van der Waals surface area contributed by atoms with E-state index in [2.05, 4.69) is 45.6 Å². The van der Waals surface area contributed by atoms with Crippen molar-refractivity contribution in [2.45, 2.75) is 77.3 Å². The SMILES string of the molecule is CC(C)(O)C(=O)N1CCC(CNc2ccc3ncc(-c4cccc(OC(F)(F)F)c4)n3n2)CC1.CC(C)(O)C(=O)O.FC(F)(F)Oc1cccc(-c2cnc3ccc(NCC4CCNCC4)nn23)c1. The second-order valence-corrected chi connectivity index (χ2v) is 17.5. The number of benzene rings is 2. The lowest BCUT2D eigenvalue weighted by atomic mass is 9.95. The smallest absolute Gasteiger partial charge is 0.479 e. The Hall–Kier alpha value is -6.72. The van der Waals surface area contributed by atoms with E-state index in [0.29, 0.717) is 76.9 Å². The van der Waals surface area contributed by atoms with Gasteiger partial charge in [-0.25, -0.2) is 23.8 Å². The lowest BCUT2D eigenvalue weighted by Crippen LogP contribution is -2.48. The van der Waals surface area contributed by atoms with Crippen molar-refractivity contribution in [2.24, 2.45) is 11.8 Å². The number of aliphatic carboxylic acids is 1. The lowest BCUT2D eigenvalue weighted by molar-refractivity contribution is -0.275. The van der Waals surface area contributed by atoms with Gasteiger partial charge in [-0.3, -0.25) is 4.79 Å². The van der Waals surface area contributed by atoms with Crippen LogP contribution in [0.2, 0.25) is 0 Å². The highest BCUT2D eigenvalue weighted by Gasteiger charge is 2.33. The summed E-state index contributed by atoms with van der Waals surface area (Å²) in [6.45, 7) is 10.1. The summed E-state index contributed by atoms with van der Waals surface area (Å²) in [7, 11) is 0. The Kier molecular flexibility index (Phi) is 16.3. The molecule has 69 heavy (non-hydrogen) atoms. The van der Waals surface area contributed by atoms with Crippen molar-refractivity contribution < 1.29 is 60.7 Å². The van der Waals surface area contributed by atoms with E-state index in [4.69, 9.17) is 10.2 Å². The van der Waals surface area contributed by atoms with E-state index in [9.17, 15) is 41.0 Å². The molecule has 2 fully saturated rings. The Labute approximate surface area is 392 Å². The quantitative estimate of drug-likeness (QED) is 0.0667. The van der Waals surface area contributed by atoms with Gasteiger partial charge in [-0.05, 0) is 127 Å². The van der Waals surface area contributed by atoms with E-state index in [1.165, 1.54) is 64.1 Å². The number of halogens is 6. The Balaban J connectivity index is 0.000000202. The topological polar surface area (TPSA) is 213 Å². The number of carboxylic acids is 1. The molecule has 2 aliphatic heterocycles. The maximum Gasteiger partial charge on any atom is 0.573 e. The molecular weight excluding hydrogens is 919 g/mol. The number of carboxylic acid groups (broad SMARTS) is 1. The van der Waals surface area contributed by atoms with Gasteiger partial charge >= 0.3 is 18.7 Å². The molecule has 6 N–H and O–H groups in total. The van der Waals surface area contributed by atoms with Gasteiger partial charge in [-0.15, -0.1) is 36.5 Å². The van der Waals surface area contributed by atoms with Crippen LogP contribution in [-0.4, -0.2) is 124 Å². The van der Waals surface area contributed by atoms with Crippen LogP contribution < -0.4 is 25.4 Å². The number of fused-ring (bicyclic) bond motifs is 2. The van der Waals surface area contributed by atoms with Gasteiger partial charge in [0.05, 0.1) is 23.8 Å². The maximum atomic E-state index is 12.6. The highest BCUT2D eigenvalue weighted by Crippen LogP contribution is 2.31. The van der Waals surface area contributed by atoms with Gasteiger partial charge in [-0.1, -0.05) is 24.3 Å². The van der Waals surface area contributed by atoms with Crippen LogP contribution in [-0.2, 0) is 9.59 Å². The predicted molar refractivity (Wildman–Crippen MR) is 242 cm³/mol. The molecular formula is C46H54F6N10O7. The number of amides is 1. The van der Waals surface area contributed by atoms with Crippen LogP contribution in [0.3, 0.4) is 0 Å². The summed E-state index contributed by atoms with van der Waals surface area (Å²) in [6.07, 6.45) is -2.51. The third-order valence-corrected chi connectivity index (χ3v) is 11.0. The Bertz CT molecular complexity index is 2670. The second kappa shape index (κ2) is 21.7. The highest BCUT2D eigenvalue weighted by atomic mass is 19.4. The van der Waals surface area contributed by atoms with E-state index >= 15 is 0 Å². The average molecular weight is 973 g/mol. The van der Waals surface area contributed by atoms with Crippen molar-refractivity contribution in [1.82, 2.24) is 39.4 Å². The van der Waals surface area contributed by atoms with Crippen LogP contribution in [0.1, 0.15) is 53.4 Å². The summed E-state index contributed by atoms with van der Waals surface area (Å²) < 4.78 is 86.5. The molecule has 0 spiro atoms. The summed E-state index contributed by atoms with van der Waals surface area (Å²) in [5.74, 6) is 0.177. The van der Waals surface area contributed by atoms with Gasteiger partial charge < -0.3 is 45.6 Å². The molecule has 0 unspecified atom stereocenters. The number of aromatic nitrogens is 6. The van der Waals surface area contributed by atoms with E-state index in [1.54, 1.807) is 50.6 Å². The minimum absolute atomic E-state index is 0.261. The first kappa shape index (κ1) is 51.7. The molecule has 2 aromatic carbocycles. The monoisotopic (exact) mass is 972 g/mol. The molecule has 0 bridgehead atoms. The molecule has 372 valence electrons. The zero-order chi connectivity index (χ0) is 50.1. The number of piperidine rings is 2. The number of likely N-dealkylation sites (tertiary alicyclic amines) is 1.